The van der Waals surface area contributed by atoms with Gasteiger partial charge in [0.25, 0.3) is 0 Å². The van der Waals surface area contributed by atoms with Crippen LogP contribution in [0.4, 0.5) is 26.3 Å². The van der Waals surface area contributed by atoms with Crippen LogP contribution in [-0.2, 0) is 19.4 Å². The van der Waals surface area contributed by atoms with Gasteiger partial charge in [-0.2, -0.15) is 26.3 Å². The lowest BCUT2D eigenvalue weighted by atomic mass is 10.1. The van der Waals surface area contributed by atoms with Crippen molar-refractivity contribution in [3.8, 4) is 16.9 Å². The number of hydrogen-bond donors (Lipinski definition) is 4. The number of halogens is 6. The Kier molecular flexibility index (Phi) is 12.2. The molecule has 0 aliphatic carbocycles. The normalized spacial score (nSPS) is 11.3. The number of para-hydroxylation sites is 1. The standard InChI is InChI=1S/C19H18N2O3S3.2C2HF3O2/c1-24-15-9-4-3-8-14(15)12-6-5-7-13(10-12)27(22,23)17-11-16(18(20)21)26-19(17)25-2;2*3-2(4,5)1(6)7/h3-11H,1-2H3,(H3,20,21);2*(H,6,7). The summed E-state index contributed by atoms with van der Waals surface area (Å²) in [6.07, 6.45) is -8.36. The van der Waals surface area contributed by atoms with Crippen molar-refractivity contribution < 1.29 is 59.3 Å². The molecular formula is C23H20F6N2O7S3. The van der Waals surface area contributed by atoms with E-state index in [4.69, 9.17) is 35.7 Å². The minimum Gasteiger partial charge on any atom is -0.496 e. The van der Waals surface area contributed by atoms with Crippen LogP contribution < -0.4 is 10.5 Å². The van der Waals surface area contributed by atoms with Crippen LogP contribution >= 0.6 is 23.1 Å². The number of ether oxygens (including phenoxy) is 1. The monoisotopic (exact) mass is 646 g/mol. The molecule has 3 aromatic rings. The maximum absolute atomic E-state index is 13.2. The maximum atomic E-state index is 13.2. The van der Waals surface area contributed by atoms with Gasteiger partial charge in [-0.05, 0) is 36.1 Å². The maximum Gasteiger partial charge on any atom is 0.490 e. The fourth-order valence-electron chi connectivity index (χ4n) is 2.66. The molecule has 18 heteroatoms. The number of thioether (sulfide) groups is 1. The van der Waals surface area contributed by atoms with Crippen molar-refractivity contribution in [1.29, 1.82) is 5.41 Å². The van der Waals surface area contributed by atoms with Gasteiger partial charge in [-0.1, -0.05) is 30.3 Å². The van der Waals surface area contributed by atoms with E-state index in [-0.39, 0.29) is 15.6 Å². The van der Waals surface area contributed by atoms with E-state index in [1.807, 2.05) is 30.3 Å². The molecule has 9 nitrogen and oxygen atoms in total. The number of benzene rings is 2. The van der Waals surface area contributed by atoms with Crippen molar-refractivity contribution in [1.82, 2.24) is 0 Å². The number of rotatable bonds is 6. The second-order valence-electron chi connectivity index (χ2n) is 7.22. The molecule has 1 heterocycles. The largest absolute Gasteiger partial charge is 0.496 e. The summed E-state index contributed by atoms with van der Waals surface area (Å²) < 4.78 is 95.9. The summed E-state index contributed by atoms with van der Waals surface area (Å²) >= 11 is 2.54. The summed E-state index contributed by atoms with van der Waals surface area (Å²) in [6, 6.07) is 15.7. The zero-order chi connectivity index (χ0) is 31.8. The average Bonchev–Trinajstić information content (AvgIpc) is 3.34. The van der Waals surface area contributed by atoms with E-state index in [1.165, 1.54) is 29.2 Å². The number of carboxylic acid groups (broad SMARTS) is 2. The molecule has 0 aliphatic heterocycles. The first-order valence-electron chi connectivity index (χ1n) is 10.4. The molecule has 0 unspecified atom stereocenters. The number of aliphatic carboxylic acids is 2. The van der Waals surface area contributed by atoms with Gasteiger partial charge in [-0.3, -0.25) is 5.41 Å². The molecule has 0 saturated carbocycles. The second kappa shape index (κ2) is 14.2. The van der Waals surface area contributed by atoms with Crippen LogP contribution in [0, 0.1) is 5.41 Å². The van der Waals surface area contributed by atoms with Gasteiger partial charge in [0.15, 0.2) is 0 Å². The third-order valence-corrected chi connectivity index (χ3v) is 8.79. The lowest BCUT2D eigenvalue weighted by molar-refractivity contribution is -0.193. The number of amidine groups is 1. The van der Waals surface area contributed by atoms with Gasteiger partial charge >= 0.3 is 24.3 Å². The average molecular weight is 647 g/mol. The summed E-state index contributed by atoms with van der Waals surface area (Å²) in [6.45, 7) is 0. The Labute approximate surface area is 237 Å². The summed E-state index contributed by atoms with van der Waals surface area (Å²) in [5.74, 6) is -4.98. The predicted molar refractivity (Wildman–Crippen MR) is 138 cm³/mol. The molecule has 0 aliphatic rings. The van der Waals surface area contributed by atoms with Crippen molar-refractivity contribution in [3.63, 3.8) is 0 Å². The van der Waals surface area contributed by atoms with Crippen LogP contribution in [0.5, 0.6) is 5.75 Å². The van der Waals surface area contributed by atoms with Gasteiger partial charge in [0.2, 0.25) is 9.84 Å². The topological polar surface area (TPSA) is 168 Å². The Morgan fingerprint density at radius 1 is 0.951 bits per heavy atom. The van der Waals surface area contributed by atoms with E-state index in [2.05, 4.69) is 0 Å². The molecule has 0 bridgehead atoms. The molecule has 0 amide bonds. The van der Waals surface area contributed by atoms with Gasteiger partial charge in [-0.25, -0.2) is 18.0 Å². The summed E-state index contributed by atoms with van der Waals surface area (Å²) in [4.78, 5) is 18.6. The highest BCUT2D eigenvalue weighted by Crippen LogP contribution is 2.38. The highest BCUT2D eigenvalue weighted by atomic mass is 32.2. The lowest BCUT2D eigenvalue weighted by Crippen LogP contribution is -2.21. The zero-order valence-corrected chi connectivity index (χ0v) is 23.2. The molecule has 224 valence electrons. The minimum absolute atomic E-state index is 0.139. The van der Waals surface area contributed by atoms with E-state index < -0.39 is 34.1 Å². The molecule has 5 N–H and O–H groups in total. The van der Waals surface area contributed by atoms with Gasteiger partial charge in [-0.15, -0.1) is 23.1 Å². The number of nitrogens with one attached hydrogen (secondary N) is 1. The molecule has 3 rings (SSSR count). The van der Waals surface area contributed by atoms with E-state index >= 15 is 0 Å². The first-order valence-corrected chi connectivity index (χ1v) is 13.9. The Hall–Kier alpha value is -3.77. The molecule has 0 radical (unpaired) electrons. The predicted octanol–water partition coefficient (Wildman–Crippen LogP) is 5.53. The molecule has 0 fully saturated rings. The zero-order valence-electron chi connectivity index (χ0n) is 20.7. The van der Waals surface area contributed by atoms with Crippen LogP contribution in [0.3, 0.4) is 0 Å². The molecule has 0 saturated heterocycles. The van der Waals surface area contributed by atoms with E-state index in [9.17, 15) is 34.8 Å². The van der Waals surface area contributed by atoms with Crippen LogP contribution in [0.1, 0.15) is 4.88 Å². The van der Waals surface area contributed by atoms with Gasteiger partial charge < -0.3 is 20.7 Å². The number of alkyl halides is 6. The summed E-state index contributed by atoms with van der Waals surface area (Å²) in [5, 5.41) is 21.8. The number of methoxy groups -OCH3 is 1. The molecule has 1 aromatic heterocycles. The SMILES string of the molecule is COc1ccccc1-c1cccc(S(=O)(=O)c2cc(C(=N)N)sc2SC)c1.O=C(O)C(F)(F)F.O=C(O)C(F)(F)F. The van der Waals surface area contributed by atoms with Crippen molar-refractivity contribution in [2.24, 2.45) is 5.73 Å². The summed E-state index contributed by atoms with van der Waals surface area (Å²) in [5.41, 5.74) is 7.11. The lowest BCUT2D eigenvalue weighted by Gasteiger charge is -2.10. The third-order valence-electron chi connectivity index (χ3n) is 4.45. The number of sulfone groups is 1. The second-order valence-corrected chi connectivity index (χ2v) is 11.3. The summed E-state index contributed by atoms with van der Waals surface area (Å²) in [7, 11) is -2.17. The van der Waals surface area contributed by atoms with Gasteiger partial charge in [0, 0.05) is 5.56 Å². The van der Waals surface area contributed by atoms with Crippen LogP contribution in [-0.4, -0.2) is 62.1 Å². The van der Waals surface area contributed by atoms with E-state index in [0.717, 1.165) is 11.1 Å². The third kappa shape index (κ3) is 9.98. The highest BCUT2D eigenvalue weighted by Gasteiger charge is 2.38. The fourth-order valence-corrected chi connectivity index (χ4v) is 6.56. The number of carbonyl (C=O) groups is 2. The van der Waals surface area contributed by atoms with Crippen LogP contribution in [0.15, 0.2) is 68.6 Å². The Bertz CT molecular complexity index is 1480. The Morgan fingerprint density at radius 3 is 1.90 bits per heavy atom. The molecule has 2 aromatic carbocycles. The van der Waals surface area contributed by atoms with Crippen molar-refractivity contribution in [2.75, 3.05) is 13.4 Å². The number of carboxylic acids is 2. The smallest absolute Gasteiger partial charge is 0.490 e. The highest BCUT2D eigenvalue weighted by molar-refractivity contribution is 8.01. The molecule has 41 heavy (non-hydrogen) atoms. The van der Waals surface area contributed by atoms with Gasteiger partial charge in [0.05, 0.1) is 26.0 Å². The minimum atomic E-state index is -5.08. The Morgan fingerprint density at radius 2 is 1.46 bits per heavy atom. The first kappa shape index (κ1) is 35.3. The van der Waals surface area contributed by atoms with E-state index in [0.29, 0.717) is 14.8 Å². The van der Waals surface area contributed by atoms with Crippen LogP contribution in [0.25, 0.3) is 11.1 Å². The Balaban J connectivity index is 0.000000497. The number of thiophene rings is 1. The van der Waals surface area contributed by atoms with Crippen molar-refractivity contribution >= 4 is 50.7 Å². The molecule has 0 atom stereocenters. The first-order chi connectivity index (χ1) is 18.8. The van der Waals surface area contributed by atoms with Gasteiger partial charge in [0.1, 0.15) is 11.6 Å². The van der Waals surface area contributed by atoms with E-state index in [1.54, 1.807) is 31.6 Å². The van der Waals surface area contributed by atoms with Crippen LogP contribution in [0.2, 0.25) is 0 Å². The van der Waals surface area contributed by atoms with Crippen molar-refractivity contribution in [3.05, 3.63) is 59.5 Å². The number of nitrogen functional groups attached to an aromatic ring is 1. The number of nitrogens with two attached hydrogens (primary N) is 1. The quantitative estimate of drug-likeness (QED) is 0.117. The molecule has 0 spiro atoms. The fraction of sp³-hybridized carbons (Fsp3) is 0.174. The number of hydrogen-bond acceptors (Lipinski definition) is 8. The van der Waals surface area contributed by atoms with Crippen molar-refractivity contribution in [2.45, 2.75) is 26.4 Å². The molecular weight excluding hydrogens is 626 g/mol.